The van der Waals surface area contributed by atoms with E-state index in [1.165, 1.54) is 7.05 Å². The third-order valence-corrected chi connectivity index (χ3v) is 3.59. The number of nitrogens with one attached hydrogen (secondary N) is 1. The maximum Gasteiger partial charge on any atom is 0.399 e. The Labute approximate surface area is 115 Å². The second-order valence-corrected chi connectivity index (χ2v) is 5.18. The first kappa shape index (κ1) is 16.2. The number of hydrogen-bond acceptors (Lipinski definition) is 3. The van der Waals surface area contributed by atoms with Gasteiger partial charge in [0.1, 0.15) is 5.92 Å². The van der Waals surface area contributed by atoms with Crippen LogP contribution in [-0.4, -0.2) is 48.7 Å². The van der Waals surface area contributed by atoms with Crippen molar-refractivity contribution in [1.82, 2.24) is 10.2 Å². The van der Waals surface area contributed by atoms with E-state index in [0.717, 1.165) is 0 Å². The Morgan fingerprint density at radius 2 is 2.21 bits per heavy atom. The summed E-state index contributed by atoms with van der Waals surface area (Å²) in [7, 11) is 1.52. The zero-order valence-electron chi connectivity index (χ0n) is 10.7. The van der Waals surface area contributed by atoms with Crippen molar-refractivity contribution in [1.29, 1.82) is 0 Å². The third kappa shape index (κ3) is 4.61. The second-order valence-electron chi connectivity index (χ2n) is 4.71. The molecule has 8 heteroatoms. The van der Waals surface area contributed by atoms with Gasteiger partial charge in [0.2, 0.25) is 5.91 Å². The molecule has 1 saturated heterocycles. The number of amides is 1. The first-order chi connectivity index (χ1) is 8.75. The Morgan fingerprint density at radius 1 is 1.58 bits per heavy atom. The molecule has 1 aliphatic heterocycles. The summed E-state index contributed by atoms with van der Waals surface area (Å²) in [6, 6.07) is 0. The van der Waals surface area contributed by atoms with E-state index >= 15 is 0 Å². The first-order valence-electron chi connectivity index (χ1n) is 6.05. The Morgan fingerprint density at radius 3 is 2.68 bits per heavy atom. The van der Waals surface area contributed by atoms with Crippen LogP contribution >= 0.6 is 12.2 Å². The van der Waals surface area contributed by atoms with Gasteiger partial charge < -0.3 is 16.0 Å². The predicted octanol–water partition coefficient (Wildman–Crippen LogP) is 0.909. The maximum absolute atomic E-state index is 12.8. The summed E-state index contributed by atoms with van der Waals surface area (Å²) in [5.74, 6) is -2.21. The zero-order valence-corrected chi connectivity index (χ0v) is 11.5. The van der Waals surface area contributed by atoms with Gasteiger partial charge in [-0.3, -0.25) is 4.79 Å². The molecule has 0 aromatic heterocycles. The quantitative estimate of drug-likeness (QED) is 0.757. The van der Waals surface area contributed by atoms with Crippen molar-refractivity contribution in [3.8, 4) is 0 Å². The average molecular weight is 297 g/mol. The Hall–Kier alpha value is -0.890. The van der Waals surface area contributed by atoms with Crippen molar-refractivity contribution >= 4 is 23.1 Å². The molecule has 1 amide bonds. The predicted molar refractivity (Wildman–Crippen MR) is 69.6 cm³/mol. The third-order valence-electron chi connectivity index (χ3n) is 3.30. The minimum absolute atomic E-state index is 0.136. The van der Waals surface area contributed by atoms with E-state index in [0.29, 0.717) is 25.9 Å². The summed E-state index contributed by atoms with van der Waals surface area (Å²) in [6.45, 7) is 0.573. The van der Waals surface area contributed by atoms with Crippen LogP contribution in [0.4, 0.5) is 13.2 Å². The number of likely N-dealkylation sites (tertiary alicyclic amines) is 1. The van der Waals surface area contributed by atoms with Crippen molar-refractivity contribution in [2.24, 2.45) is 17.6 Å². The van der Waals surface area contributed by atoms with Gasteiger partial charge in [0, 0.05) is 20.1 Å². The summed E-state index contributed by atoms with van der Waals surface area (Å²) < 4.78 is 38.3. The number of nitrogens with two attached hydrogens (primary N) is 1. The number of hydrogen-bond donors (Lipinski definition) is 2. The molecule has 0 aromatic rings. The van der Waals surface area contributed by atoms with Gasteiger partial charge in [-0.2, -0.15) is 13.2 Å². The molecular weight excluding hydrogens is 279 g/mol. The smallest absolute Gasteiger partial charge is 0.393 e. The molecule has 3 N–H and O–H groups in total. The lowest BCUT2D eigenvalue weighted by molar-refractivity contribution is -0.160. The maximum atomic E-state index is 12.8. The van der Waals surface area contributed by atoms with E-state index in [1.807, 2.05) is 0 Å². The minimum Gasteiger partial charge on any atom is -0.393 e. The molecule has 0 spiro atoms. The number of alkyl halides is 3. The Kier molecular flexibility index (Phi) is 5.54. The molecule has 110 valence electrons. The number of thiocarbonyl (C=S) groups is 1. The van der Waals surface area contributed by atoms with Gasteiger partial charge in [0.15, 0.2) is 0 Å². The molecule has 0 aliphatic carbocycles. The fraction of sp³-hybridized carbons (Fsp3) is 0.818. The van der Waals surface area contributed by atoms with Gasteiger partial charge in [0.05, 0.1) is 10.9 Å². The largest absolute Gasteiger partial charge is 0.399 e. The van der Waals surface area contributed by atoms with Crippen LogP contribution in [0.15, 0.2) is 0 Å². The zero-order chi connectivity index (χ0) is 14.6. The molecule has 0 radical (unpaired) electrons. The van der Waals surface area contributed by atoms with Gasteiger partial charge in [-0.15, -0.1) is 0 Å². The average Bonchev–Trinajstić information content (AvgIpc) is 2.33. The fourth-order valence-electron chi connectivity index (χ4n) is 2.25. The SMILES string of the molecule is CNC(=O)C1CCCN(CC(C(N)=S)C(F)(F)F)C1. The molecule has 0 saturated carbocycles. The lowest BCUT2D eigenvalue weighted by Crippen LogP contribution is -2.48. The number of rotatable bonds is 4. The van der Waals surface area contributed by atoms with Gasteiger partial charge in [-0.05, 0) is 19.4 Å². The lowest BCUT2D eigenvalue weighted by atomic mass is 9.96. The van der Waals surface area contributed by atoms with Crippen LogP contribution in [0.3, 0.4) is 0 Å². The molecule has 0 bridgehead atoms. The molecule has 0 aromatic carbocycles. The summed E-state index contributed by atoms with van der Waals surface area (Å²) in [4.78, 5) is 12.6. The molecule has 4 nitrogen and oxygen atoms in total. The lowest BCUT2D eigenvalue weighted by Gasteiger charge is -2.34. The standard InChI is InChI=1S/C11H18F3N3OS/c1-16-10(18)7-3-2-4-17(5-7)6-8(9(15)19)11(12,13)14/h7-8H,2-6H2,1H3,(H2,15,19)(H,16,18). The van der Waals surface area contributed by atoms with Gasteiger partial charge in [-0.1, -0.05) is 12.2 Å². The number of halogens is 3. The van der Waals surface area contributed by atoms with Crippen LogP contribution in [0.5, 0.6) is 0 Å². The highest BCUT2D eigenvalue weighted by Gasteiger charge is 2.43. The Bertz CT molecular complexity index is 349. The normalized spacial score (nSPS) is 22.8. The first-order valence-corrected chi connectivity index (χ1v) is 6.46. The molecule has 1 rings (SSSR count). The van der Waals surface area contributed by atoms with Crippen LogP contribution in [0.2, 0.25) is 0 Å². The van der Waals surface area contributed by atoms with Crippen LogP contribution in [0.1, 0.15) is 12.8 Å². The van der Waals surface area contributed by atoms with Crippen molar-refractivity contribution in [2.45, 2.75) is 19.0 Å². The monoisotopic (exact) mass is 297 g/mol. The number of carbonyl (C=O) groups is 1. The van der Waals surface area contributed by atoms with Crippen molar-refractivity contribution in [3.63, 3.8) is 0 Å². The molecular formula is C11H18F3N3OS. The number of carbonyl (C=O) groups excluding carboxylic acids is 1. The topological polar surface area (TPSA) is 58.4 Å². The van der Waals surface area contributed by atoms with Crippen LogP contribution < -0.4 is 11.1 Å². The highest BCUT2D eigenvalue weighted by Crippen LogP contribution is 2.28. The second kappa shape index (κ2) is 6.51. The van der Waals surface area contributed by atoms with Crippen molar-refractivity contribution in [3.05, 3.63) is 0 Å². The highest BCUT2D eigenvalue weighted by atomic mass is 32.1. The Balaban J connectivity index is 2.65. The van der Waals surface area contributed by atoms with E-state index < -0.39 is 17.1 Å². The molecule has 1 fully saturated rings. The van der Waals surface area contributed by atoms with Crippen LogP contribution in [0.25, 0.3) is 0 Å². The number of piperidine rings is 1. The molecule has 2 atom stereocenters. The fourth-order valence-corrected chi connectivity index (χ4v) is 2.46. The van der Waals surface area contributed by atoms with Crippen LogP contribution in [0, 0.1) is 11.8 Å². The number of nitrogens with zero attached hydrogens (tertiary/aromatic N) is 1. The highest BCUT2D eigenvalue weighted by molar-refractivity contribution is 7.80. The molecule has 1 aliphatic rings. The van der Waals surface area contributed by atoms with Gasteiger partial charge in [-0.25, -0.2) is 0 Å². The summed E-state index contributed by atoms with van der Waals surface area (Å²) in [5.41, 5.74) is 5.17. The van der Waals surface area contributed by atoms with Crippen molar-refractivity contribution < 1.29 is 18.0 Å². The van der Waals surface area contributed by atoms with Gasteiger partial charge in [0.25, 0.3) is 0 Å². The molecule has 1 heterocycles. The molecule has 2 unspecified atom stereocenters. The summed E-state index contributed by atoms with van der Waals surface area (Å²) >= 11 is 4.49. The summed E-state index contributed by atoms with van der Waals surface area (Å²) in [6.07, 6.45) is -3.05. The van der Waals surface area contributed by atoms with E-state index in [1.54, 1.807) is 4.90 Å². The van der Waals surface area contributed by atoms with E-state index in [9.17, 15) is 18.0 Å². The van der Waals surface area contributed by atoms with E-state index in [4.69, 9.17) is 5.73 Å². The van der Waals surface area contributed by atoms with E-state index in [-0.39, 0.29) is 18.4 Å². The van der Waals surface area contributed by atoms with Gasteiger partial charge >= 0.3 is 6.18 Å². The summed E-state index contributed by atoms with van der Waals surface area (Å²) in [5, 5.41) is 2.52. The van der Waals surface area contributed by atoms with Crippen molar-refractivity contribution in [2.75, 3.05) is 26.7 Å². The van der Waals surface area contributed by atoms with Crippen LogP contribution in [-0.2, 0) is 4.79 Å². The minimum atomic E-state index is -4.44. The van der Waals surface area contributed by atoms with E-state index in [2.05, 4.69) is 17.5 Å². The molecule has 19 heavy (non-hydrogen) atoms.